The van der Waals surface area contributed by atoms with Gasteiger partial charge in [-0.15, -0.1) is 0 Å². The molecule has 9 heteroatoms. The zero-order valence-electron chi connectivity index (χ0n) is 11.8. The fourth-order valence-corrected chi connectivity index (χ4v) is 2.07. The number of likely N-dealkylation sites (N-methyl/N-ethyl adjacent to an activating group) is 1. The molecular weight excluding hydrogens is 287 g/mol. The molecule has 0 bridgehead atoms. The third-order valence-corrected chi connectivity index (χ3v) is 3.50. The van der Waals surface area contributed by atoms with Gasteiger partial charge in [-0.2, -0.15) is 0 Å². The van der Waals surface area contributed by atoms with Crippen LogP contribution in [0.1, 0.15) is 0 Å². The van der Waals surface area contributed by atoms with E-state index in [-0.39, 0.29) is 19.8 Å². The monoisotopic (exact) mass is 307 g/mol. The van der Waals surface area contributed by atoms with Crippen LogP contribution in [0.3, 0.4) is 0 Å². The van der Waals surface area contributed by atoms with Gasteiger partial charge in [0.2, 0.25) is 0 Å². The average molecular weight is 307 g/mol. The Hall–Kier alpha value is -1.05. The Morgan fingerprint density at radius 2 is 1.65 bits per heavy atom. The Kier molecular flexibility index (Phi) is 5.61. The number of quaternary nitrogens is 1. The second-order valence-electron chi connectivity index (χ2n) is 5.31. The predicted molar refractivity (Wildman–Crippen MR) is 70.5 cm³/mol. The standard InChI is InChI=1S/C11H19N2O6P/c1-13(2,3)7-9-19-20(16,17)18-8-6-12-10(14)4-5-11(12)15/h4-5H,6-9H2,1-3H3/p+1. The third kappa shape index (κ3) is 5.94. The van der Waals surface area contributed by atoms with Crippen molar-refractivity contribution in [2.24, 2.45) is 0 Å². The number of phosphoric ester groups is 1. The summed E-state index contributed by atoms with van der Waals surface area (Å²) in [6, 6.07) is 0. The first-order valence-electron chi connectivity index (χ1n) is 6.07. The smallest absolute Gasteiger partial charge is 0.329 e. The van der Waals surface area contributed by atoms with Crippen molar-refractivity contribution in [1.82, 2.24) is 4.90 Å². The van der Waals surface area contributed by atoms with Gasteiger partial charge in [-0.3, -0.25) is 23.5 Å². The highest BCUT2D eigenvalue weighted by molar-refractivity contribution is 7.47. The van der Waals surface area contributed by atoms with Gasteiger partial charge in [0.25, 0.3) is 11.8 Å². The molecule has 20 heavy (non-hydrogen) atoms. The SMILES string of the molecule is C[N+](C)(C)CCOP(=O)(O)OCCN1C(=O)C=CC1=O. The predicted octanol–water partition coefficient (Wildman–Crippen LogP) is -0.249. The van der Waals surface area contributed by atoms with Crippen LogP contribution in [0.2, 0.25) is 0 Å². The number of carbonyl (C=O) groups excluding carboxylic acids is 2. The van der Waals surface area contributed by atoms with E-state index < -0.39 is 19.6 Å². The van der Waals surface area contributed by atoms with Crippen LogP contribution in [0.15, 0.2) is 12.2 Å². The van der Waals surface area contributed by atoms with E-state index in [4.69, 9.17) is 9.05 Å². The number of rotatable bonds is 8. The number of nitrogens with zero attached hydrogens (tertiary/aromatic N) is 2. The molecule has 0 saturated carbocycles. The van der Waals surface area contributed by atoms with Crippen molar-refractivity contribution < 1.29 is 32.6 Å². The number of imide groups is 1. The highest BCUT2D eigenvalue weighted by Gasteiger charge is 2.26. The van der Waals surface area contributed by atoms with E-state index in [1.807, 2.05) is 21.1 Å². The van der Waals surface area contributed by atoms with Crippen molar-refractivity contribution in [2.45, 2.75) is 0 Å². The Bertz CT molecular complexity index is 438. The minimum absolute atomic E-state index is 0.0698. The van der Waals surface area contributed by atoms with E-state index in [0.29, 0.717) is 11.0 Å². The lowest BCUT2D eigenvalue weighted by Gasteiger charge is -2.24. The van der Waals surface area contributed by atoms with Gasteiger partial charge in [-0.1, -0.05) is 0 Å². The summed E-state index contributed by atoms with van der Waals surface area (Å²) in [5.74, 6) is -0.922. The van der Waals surface area contributed by atoms with Crippen molar-refractivity contribution >= 4 is 19.6 Å². The Morgan fingerprint density at radius 3 is 2.15 bits per heavy atom. The lowest BCUT2D eigenvalue weighted by molar-refractivity contribution is -0.870. The Balaban J connectivity index is 2.28. The maximum Gasteiger partial charge on any atom is 0.472 e. The molecule has 1 unspecified atom stereocenters. The fourth-order valence-electron chi connectivity index (χ4n) is 1.37. The zero-order chi connectivity index (χ0) is 15.4. The van der Waals surface area contributed by atoms with Crippen molar-refractivity contribution in [3.63, 3.8) is 0 Å². The molecule has 1 heterocycles. The largest absolute Gasteiger partial charge is 0.472 e. The van der Waals surface area contributed by atoms with Crippen molar-refractivity contribution in [3.05, 3.63) is 12.2 Å². The van der Waals surface area contributed by atoms with Gasteiger partial charge >= 0.3 is 7.82 Å². The van der Waals surface area contributed by atoms with Crippen LogP contribution in [0, 0.1) is 0 Å². The molecule has 1 atom stereocenters. The molecule has 0 spiro atoms. The molecule has 1 aliphatic rings. The lowest BCUT2D eigenvalue weighted by Crippen LogP contribution is -2.37. The van der Waals surface area contributed by atoms with Crippen molar-refractivity contribution in [2.75, 3.05) is 47.4 Å². The van der Waals surface area contributed by atoms with Crippen LogP contribution < -0.4 is 0 Å². The molecule has 0 aromatic heterocycles. The Labute approximate surface area is 117 Å². The van der Waals surface area contributed by atoms with Gasteiger partial charge in [0, 0.05) is 12.2 Å². The van der Waals surface area contributed by atoms with E-state index in [1.165, 1.54) is 0 Å². The van der Waals surface area contributed by atoms with Gasteiger partial charge < -0.3 is 9.38 Å². The van der Waals surface area contributed by atoms with E-state index in [0.717, 1.165) is 17.1 Å². The van der Waals surface area contributed by atoms with E-state index in [2.05, 4.69) is 0 Å². The van der Waals surface area contributed by atoms with E-state index in [9.17, 15) is 19.0 Å². The molecule has 0 aliphatic carbocycles. The maximum atomic E-state index is 11.5. The molecule has 0 aromatic rings. The minimum Gasteiger partial charge on any atom is -0.329 e. The lowest BCUT2D eigenvalue weighted by atomic mass is 10.5. The van der Waals surface area contributed by atoms with Crippen LogP contribution in [-0.4, -0.2) is 73.5 Å². The molecule has 114 valence electrons. The topological polar surface area (TPSA) is 93.1 Å². The number of amides is 2. The molecule has 1 rings (SSSR count). The molecule has 0 aromatic carbocycles. The number of hydrogen-bond donors (Lipinski definition) is 1. The van der Waals surface area contributed by atoms with Gasteiger partial charge in [-0.05, 0) is 0 Å². The van der Waals surface area contributed by atoms with Crippen molar-refractivity contribution in [3.8, 4) is 0 Å². The minimum atomic E-state index is -4.15. The summed E-state index contributed by atoms with van der Waals surface area (Å²) in [4.78, 5) is 32.8. The van der Waals surface area contributed by atoms with Crippen LogP contribution >= 0.6 is 7.82 Å². The Morgan fingerprint density at radius 1 is 1.15 bits per heavy atom. The normalized spacial score (nSPS) is 18.7. The molecular formula is C11H20N2O6P+. The fraction of sp³-hybridized carbons (Fsp3) is 0.636. The van der Waals surface area contributed by atoms with Gasteiger partial charge in [0.15, 0.2) is 0 Å². The first-order valence-corrected chi connectivity index (χ1v) is 7.56. The highest BCUT2D eigenvalue weighted by atomic mass is 31.2. The number of phosphoric acid groups is 1. The molecule has 0 fully saturated rings. The molecule has 1 N–H and O–H groups in total. The molecule has 2 amide bonds. The van der Waals surface area contributed by atoms with E-state index in [1.54, 1.807) is 0 Å². The molecule has 0 saturated heterocycles. The number of hydrogen-bond acceptors (Lipinski definition) is 5. The summed E-state index contributed by atoms with van der Waals surface area (Å²) in [6.45, 7) is 0.270. The first-order chi connectivity index (χ1) is 9.11. The maximum absolute atomic E-state index is 11.5. The average Bonchev–Trinajstić information content (AvgIpc) is 2.58. The summed E-state index contributed by atoms with van der Waals surface area (Å²) in [6.07, 6.45) is 2.28. The zero-order valence-corrected chi connectivity index (χ0v) is 12.7. The molecule has 8 nitrogen and oxygen atoms in total. The van der Waals surface area contributed by atoms with Gasteiger partial charge in [-0.25, -0.2) is 4.57 Å². The summed E-state index contributed by atoms with van der Waals surface area (Å²) in [5.41, 5.74) is 0. The van der Waals surface area contributed by atoms with Crippen LogP contribution in [0.5, 0.6) is 0 Å². The third-order valence-electron chi connectivity index (χ3n) is 2.49. The first kappa shape index (κ1) is 17.0. The quantitative estimate of drug-likeness (QED) is 0.378. The van der Waals surface area contributed by atoms with Crippen LogP contribution in [-0.2, 0) is 23.2 Å². The second kappa shape index (κ2) is 6.60. The summed E-state index contributed by atoms with van der Waals surface area (Å²) >= 11 is 0. The van der Waals surface area contributed by atoms with Crippen molar-refractivity contribution in [1.29, 1.82) is 0 Å². The summed E-state index contributed by atoms with van der Waals surface area (Å²) in [5, 5.41) is 0. The van der Waals surface area contributed by atoms with Crippen LogP contribution in [0.25, 0.3) is 0 Å². The summed E-state index contributed by atoms with van der Waals surface area (Å²) < 4.78 is 21.6. The van der Waals surface area contributed by atoms with E-state index >= 15 is 0 Å². The molecule has 0 radical (unpaired) electrons. The summed E-state index contributed by atoms with van der Waals surface area (Å²) in [7, 11) is 1.61. The highest BCUT2D eigenvalue weighted by Crippen LogP contribution is 2.42. The number of carbonyl (C=O) groups is 2. The van der Waals surface area contributed by atoms with Crippen LogP contribution in [0.4, 0.5) is 0 Å². The van der Waals surface area contributed by atoms with Gasteiger partial charge in [0.1, 0.15) is 13.2 Å². The molecule has 1 aliphatic heterocycles. The second-order valence-corrected chi connectivity index (χ2v) is 6.76. The van der Waals surface area contributed by atoms with Gasteiger partial charge in [0.05, 0.1) is 34.3 Å².